The van der Waals surface area contributed by atoms with Gasteiger partial charge in [0.15, 0.2) is 0 Å². The van der Waals surface area contributed by atoms with Gasteiger partial charge in [-0.2, -0.15) is 0 Å². The number of nitrogens with zero attached hydrogens (tertiary/aromatic N) is 3. The lowest BCUT2D eigenvalue weighted by Gasteiger charge is -2.29. The molecule has 0 spiro atoms. The van der Waals surface area contributed by atoms with Crippen LogP contribution in [0.5, 0.6) is 0 Å². The van der Waals surface area contributed by atoms with Crippen molar-refractivity contribution in [3.63, 3.8) is 0 Å². The number of aromatic nitrogens is 2. The third-order valence-electron chi connectivity index (χ3n) is 3.62. The van der Waals surface area contributed by atoms with Crippen LogP contribution in [0.2, 0.25) is 0 Å². The molecule has 0 amide bonds. The maximum absolute atomic E-state index is 5.68. The lowest BCUT2D eigenvalue weighted by Crippen LogP contribution is -2.36. The Kier molecular flexibility index (Phi) is 3.47. The highest BCUT2D eigenvalue weighted by Crippen LogP contribution is 2.21. The lowest BCUT2D eigenvalue weighted by molar-refractivity contribution is 0.0845. The summed E-state index contributed by atoms with van der Waals surface area (Å²) in [5.74, 6) is 0.677. The van der Waals surface area contributed by atoms with Crippen LogP contribution in [0, 0.1) is 0 Å². The second-order valence-corrected chi connectivity index (χ2v) is 5.09. The molecule has 0 bridgehead atoms. The highest BCUT2D eigenvalue weighted by Gasteiger charge is 2.24. The van der Waals surface area contributed by atoms with Crippen molar-refractivity contribution >= 4 is 6.01 Å². The first kappa shape index (κ1) is 11.9. The van der Waals surface area contributed by atoms with Crippen molar-refractivity contribution in [1.82, 2.24) is 15.5 Å². The molecule has 0 radical (unpaired) electrons. The highest BCUT2D eigenvalue weighted by molar-refractivity contribution is 5.24. The minimum Gasteiger partial charge on any atom is -0.407 e. The molecule has 1 saturated heterocycles. The van der Waals surface area contributed by atoms with E-state index in [1.54, 1.807) is 0 Å². The van der Waals surface area contributed by atoms with Gasteiger partial charge in [0.2, 0.25) is 5.89 Å². The highest BCUT2D eigenvalue weighted by atomic mass is 16.5. The minimum atomic E-state index is 0.448. The second-order valence-electron chi connectivity index (χ2n) is 5.09. The van der Waals surface area contributed by atoms with Gasteiger partial charge in [-0.25, -0.2) is 0 Å². The summed E-state index contributed by atoms with van der Waals surface area (Å²) in [4.78, 5) is 2.08. The van der Waals surface area contributed by atoms with Crippen LogP contribution in [-0.4, -0.2) is 42.5 Å². The first-order chi connectivity index (χ1) is 8.83. The average molecular weight is 252 g/mol. The Morgan fingerprint density at radius 3 is 2.72 bits per heavy atom. The Morgan fingerprint density at radius 2 is 2.00 bits per heavy atom. The first-order valence-corrected chi connectivity index (χ1v) is 6.69. The van der Waals surface area contributed by atoms with Crippen LogP contribution in [0.1, 0.15) is 31.6 Å². The third kappa shape index (κ3) is 2.81. The van der Waals surface area contributed by atoms with Gasteiger partial charge < -0.3 is 19.4 Å². The predicted molar refractivity (Wildman–Crippen MR) is 66.4 cm³/mol. The molecule has 2 fully saturated rings. The van der Waals surface area contributed by atoms with E-state index in [1.165, 1.54) is 12.8 Å². The van der Waals surface area contributed by atoms with Gasteiger partial charge in [-0.1, -0.05) is 5.10 Å². The van der Waals surface area contributed by atoms with Gasteiger partial charge in [-0.15, -0.1) is 5.10 Å². The van der Waals surface area contributed by atoms with E-state index in [9.17, 15) is 0 Å². The van der Waals surface area contributed by atoms with Gasteiger partial charge in [0.05, 0.1) is 6.54 Å². The molecule has 2 heterocycles. The zero-order valence-corrected chi connectivity index (χ0v) is 10.8. The molecule has 100 valence electrons. The van der Waals surface area contributed by atoms with E-state index in [2.05, 4.69) is 20.4 Å². The summed E-state index contributed by atoms with van der Waals surface area (Å²) in [7, 11) is 2.02. The van der Waals surface area contributed by atoms with Crippen molar-refractivity contribution in [1.29, 1.82) is 0 Å². The van der Waals surface area contributed by atoms with E-state index < -0.39 is 0 Å². The molecule has 0 aromatic carbocycles. The molecule has 1 aliphatic carbocycles. The molecule has 0 atom stereocenters. The number of nitrogens with one attached hydrogen (secondary N) is 1. The van der Waals surface area contributed by atoms with Crippen molar-refractivity contribution in [2.45, 2.75) is 44.3 Å². The fourth-order valence-electron chi connectivity index (χ4n) is 2.21. The van der Waals surface area contributed by atoms with Crippen molar-refractivity contribution in [2.24, 2.45) is 0 Å². The summed E-state index contributed by atoms with van der Waals surface area (Å²) in [6.45, 7) is 2.32. The number of ether oxygens (including phenoxy) is 1. The van der Waals surface area contributed by atoms with Gasteiger partial charge in [-0.05, 0) is 25.7 Å². The van der Waals surface area contributed by atoms with Crippen molar-refractivity contribution in [3.8, 4) is 0 Å². The number of hydrogen-bond donors (Lipinski definition) is 1. The van der Waals surface area contributed by atoms with E-state index in [-0.39, 0.29) is 0 Å². The maximum atomic E-state index is 5.68. The molecule has 6 heteroatoms. The van der Waals surface area contributed by atoms with Gasteiger partial charge in [0, 0.05) is 32.3 Å². The van der Waals surface area contributed by atoms with Gasteiger partial charge in [0.25, 0.3) is 0 Å². The Morgan fingerprint density at radius 1 is 1.22 bits per heavy atom. The molecule has 2 aliphatic rings. The van der Waals surface area contributed by atoms with Gasteiger partial charge in [0.1, 0.15) is 0 Å². The number of hydrogen-bond acceptors (Lipinski definition) is 6. The predicted octanol–water partition coefficient (Wildman–Crippen LogP) is 0.937. The molecular weight excluding hydrogens is 232 g/mol. The first-order valence-electron chi connectivity index (χ1n) is 6.69. The van der Waals surface area contributed by atoms with Crippen LogP contribution in [0.4, 0.5) is 6.01 Å². The molecule has 1 aliphatic heterocycles. The topological polar surface area (TPSA) is 63.4 Å². The summed E-state index contributed by atoms with van der Waals surface area (Å²) in [6, 6.07) is 1.73. The quantitative estimate of drug-likeness (QED) is 0.841. The number of rotatable bonds is 5. The van der Waals surface area contributed by atoms with E-state index in [0.29, 0.717) is 30.5 Å². The van der Waals surface area contributed by atoms with Crippen LogP contribution in [0.15, 0.2) is 4.42 Å². The van der Waals surface area contributed by atoms with E-state index in [4.69, 9.17) is 9.15 Å². The standard InChI is InChI=1S/C12H20N4O2/c1-16(10-4-6-17-7-5-10)12-15-14-11(18-12)8-13-9-2-3-9/h9-10,13H,2-8H2,1H3. The van der Waals surface area contributed by atoms with Crippen molar-refractivity contribution in [2.75, 3.05) is 25.2 Å². The van der Waals surface area contributed by atoms with Crippen molar-refractivity contribution < 1.29 is 9.15 Å². The van der Waals surface area contributed by atoms with E-state index in [1.807, 2.05) is 7.05 Å². The van der Waals surface area contributed by atoms with Gasteiger partial charge in [-0.3, -0.25) is 0 Å². The maximum Gasteiger partial charge on any atom is 0.318 e. The van der Waals surface area contributed by atoms with Crippen molar-refractivity contribution in [3.05, 3.63) is 5.89 Å². The SMILES string of the molecule is CN(c1nnc(CNC2CC2)o1)C1CCOCC1. The monoisotopic (exact) mass is 252 g/mol. The molecule has 18 heavy (non-hydrogen) atoms. The van der Waals surface area contributed by atoms with Gasteiger partial charge >= 0.3 is 6.01 Å². The Balaban J connectivity index is 1.56. The second kappa shape index (κ2) is 5.24. The van der Waals surface area contributed by atoms with Crippen LogP contribution < -0.4 is 10.2 Å². The molecule has 6 nitrogen and oxygen atoms in total. The summed E-state index contributed by atoms with van der Waals surface area (Å²) in [5, 5.41) is 11.6. The zero-order valence-electron chi connectivity index (χ0n) is 10.8. The largest absolute Gasteiger partial charge is 0.407 e. The van der Waals surface area contributed by atoms with Crippen LogP contribution in [0.3, 0.4) is 0 Å². The van der Waals surface area contributed by atoms with Crippen LogP contribution in [0.25, 0.3) is 0 Å². The fourth-order valence-corrected chi connectivity index (χ4v) is 2.21. The normalized spacial score (nSPS) is 21.2. The fraction of sp³-hybridized carbons (Fsp3) is 0.833. The zero-order chi connectivity index (χ0) is 12.4. The van der Waals surface area contributed by atoms with Crippen LogP contribution in [-0.2, 0) is 11.3 Å². The Hall–Kier alpha value is -1.14. The molecule has 0 unspecified atom stereocenters. The third-order valence-corrected chi connectivity index (χ3v) is 3.62. The molecule has 1 saturated carbocycles. The lowest BCUT2D eigenvalue weighted by atomic mass is 10.1. The Labute approximate surface area is 107 Å². The molecule has 1 N–H and O–H groups in total. The average Bonchev–Trinajstić information content (AvgIpc) is 3.14. The van der Waals surface area contributed by atoms with E-state index >= 15 is 0 Å². The Bertz CT molecular complexity index is 385. The van der Waals surface area contributed by atoms with Crippen LogP contribution >= 0.6 is 0 Å². The minimum absolute atomic E-state index is 0.448. The summed E-state index contributed by atoms with van der Waals surface area (Å²) >= 11 is 0. The molecule has 3 rings (SSSR count). The molecule has 1 aromatic heterocycles. The summed E-state index contributed by atoms with van der Waals surface area (Å²) < 4.78 is 11.0. The smallest absolute Gasteiger partial charge is 0.318 e. The summed E-state index contributed by atoms with van der Waals surface area (Å²) in [6.07, 6.45) is 4.58. The number of anilines is 1. The summed E-state index contributed by atoms with van der Waals surface area (Å²) in [5.41, 5.74) is 0. The molecular formula is C12H20N4O2. The molecule has 1 aromatic rings. The van der Waals surface area contributed by atoms with E-state index in [0.717, 1.165) is 26.1 Å².